The lowest BCUT2D eigenvalue weighted by atomic mass is 9.47. The zero-order chi connectivity index (χ0) is 18.2. The Morgan fingerprint density at radius 1 is 1.12 bits per heavy atom. The molecule has 1 aliphatic heterocycles. The van der Waals surface area contributed by atoms with Crippen LogP contribution in [0.3, 0.4) is 0 Å². The number of hydrogen-bond acceptors (Lipinski definition) is 3. The first kappa shape index (κ1) is 17.1. The van der Waals surface area contributed by atoms with Gasteiger partial charge in [0.2, 0.25) is 0 Å². The van der Waals surface area contributed by atoms with Crippen molar-refractivity contribution >= 4 is 17.7 Å². The minimum absolute atomic E-state index is 0.0727. The van der Waals surface area contributed by atoms with E-state index in [1.807, 2.05) is 0 Å². The quantitative estimate of drug-likeness (QED) is 0.564. The van der Waals surface area contributed by atoms with E-state index in [1.165, 1.54) is 24.5 Å². The molecule has 0 unspecified atom stereocenters. The van der Waals surface area contributed by atoms with Crippen LogP contribution < -0.4 is 4.74 Å². The molecule has 0 aromatic heterocycles. The van der Waals surface area contributed by atoms with E-state index in [1.54, 1.807) is 0 Å². The number of halogens is 1. The number of aromatic hydroxyl groups is 2. The number of phenolic OH excluding ortho intramolecular Hbond substituents is 2. The first-order chi connectivity index (χ1) is 11.6. The maximum absolute atomic E-state index is 10.0. The van der Waals surface area contributed by atoms with E-state index in [9.17, 15) is 10.2 Å². The van der Waals surface area contributed by atoms with Crippen molar-refractivity contribution in [2.45, 2.75) is 65.4 Å². The Morgan fingerprint density at radius 2 is 1.84 bits per heavy atom. The van der Waals surface area contributed by atoms with Crippen LogP contribution in [0.4, 0.5) is 0 Å². The maximum atomic E-state index is 10.0. The lowest BCUT2D eigenvalue weighted by molar-refractivity contribution is -0.0516. The molecule has 0 spiro atoms. The van der Waals surface area contributed by atoms with E-state index in [0.29, 0.717) is 22.6 Å². The average molecular weight is 363 g/mol. The first-order valence-electron chi connectivity index (χ1n) is 9.25. The van der Waals surface area contributed by atoms with Crippen LogP contribution in [0.25, 0.3) is 6.08 Å². The van der Waals surface area contributed by atoms with Crippen LogP contribution in [-0.2, 0) is 0 Å². The molecule has 25 heavy (non-hydrogen) atoms. The maximum Gasteiger partial charge on any atom is 0.177 e. The lowest BCUT2D eigenvalue weighted by Gasteiger charge is -2.60. The third-order valence-corrected chi connectivity index (χ3v) is 7.55. The minimum Gasteiger partial charge on any atom is -0.504 e. The first-order valence-corrected chi connectivity index (χ1v) is 9.62. The standard InChI is InChI=1S/C21H27ClO3/c1-19(2)7-5-8-20(3)15(19)6-9-21(4)16(20)10-12-14(25-21)11-13(23)18(24)17(12)22/h10-11,15,23-24H,5-9H2,1-4H3/t15-,20-,21-/m0/s1. The molecule has 1 heterocycles. The molecule has 3 atom stereocenters. The van der Waals surface area contributed by atoms with Gasteiger partial charge in [0, 0.05) is 11.6 Å². The van der Waals surface area contributed by atoms with Gasteiger partial charge in [-0.15, -0.1) is 0 Å². The van der Waals surface area contributed by atoms with Crippen LogP contribution in [0, 0.1) is 16.7 Å². The Kier molecular flexibility index (Phi) is 3.48. The molecule has 0 saturated heterocycles. The molecule has 3 nitrogen and oxygen atoms in total. The van der Waals surface area contributed by atoms with Crippen molar-refractivity contribution in [1.29, 1.82) is 0 Å². The molecule has 0 radical (unpaired) electrons. The lowest BCUT2D eigenvalue weighted by Crippen LogP contribution is -2.55. The van der Waals surface area contributed by atoms with Crippen molar-refractivity contribution < 1.29 is 14.9 Å². The van der Waals surface area contributed by atoms with Crippen LogP contribution in [0.15, 0.2) is 11.6 Å². The second-order valence-corrected chi connectivity index (χ2v) is 9.59. The zero-order valence-electron chi connectivity index (χ0n) is 15.4. The second-order valence-electron chi connectivity index (χ2n) is 9.21. The second kappa shape index (κ2) is 5.09. The number of ether oxygens (including phenoxy) is 1. The Labute approximate surface area is 154 Å². The van der Waals surface area contributed by atoms with Gasteiger partial charge in [-0.05, 0) is 61.0 Å². The van der Waals surface area contributed by atoms with Gasteiger partial charge in [0.05, 0.1) is 5.02 Å². The van der Waals surface area contributed by atoms with Crippen LogP contribution >= 0.6 is 11.6 Å². The summed E-state index contributed by atoms with van der Waals surface area (Å²) >= 11 is 6.34. The van der Waals surface area contributed by atoms with E-state index in [0.717, 1.165) is 19.3 Å². The van der Waals surface area contributed by atoms with Gasteiger partial charge in [0.1, 0.15) is 11.4 Å². The smallest absolute Gasteiger partial charge is 0.177 e. The molecule has 0 amide bonds. The fourth-order valence-corrected chi connectivity index (χ4v) is 6.20. The predicted molar refractivity (Wildman–Crippen MR) is 100 cm³/mol. The number of phenols is 2. The van der Waals surface area contributed by atoms with Gasteiger partial charge in [-0.1, -0.05) is 38.8 Å². The van der Waals surface area contributed by atoms with Gasteiger partial charge in [0.15, 0.2) is 11.5 Å². The molecule has 2 aliphatic carbocycles. The molecule has 1 aromatic rings. The SMILES string of the molecule is CC1(C)CCC[C@]2(C)C3=Cc4c(cc(O)c(O)c4Cl)O[C@@]3(C)CC[C@@H]12. The molecule has 136 valence electrons. The summed E-state index contributed by atoms with van der Waals surface area (Å²) in [6, 6.07) is 1.48. The van der Waals surface area contributed by atoms with Crippen LogP contribution in [-0.4, -0.2) is 15.8 Å². The van der Waals surface area contributed by atoms with Gasteiger partial charge in [-0.25, -0.2) is 0 Å². The van der Waals surface area contributed by atoms with Crippen LogP contribution in [0.2, 0.25) is 5.02 Å². The van der Waals surface area contributed by atoms with Crippen molar-refractivity contribution in [2.24, 2.45) is 16.7 Å². The van der Waals surface area contributed by atoms with Gasteiger partial charge in [0.25, 0.3) is 0 Å². The summed E-state index contributed by atoms with van der Waals surface area (Å²) in [6.45, 7) is 9.33. The van der Waals surface area contributed by atoms with Crippen molar-refractivity contribution in [3.05, 3.63) is 22.2 Å². The zero-order valence-corrected chi connectivity index (χ0v) is 16.2. The highest BCUT2D eigenvalue weighted by molar-refractivity contribution is 6.34. The number of hydrogen-bond donors (Lipinski definition) is 2. The minimum atomic E-state index is -0.377. The Balaban J connectivity index is 1.92. The Morgan fingerprint density at radius 3 is 2.56 bits per heavy atom. The Bertz CT molecular complexity index is 782. The Hall–Kier alpha value is -1.35. The van der Waals surface area contributed by atoms with Gasteiger partial charge < -0.3 is 14.9 Å². The third kappa shape index (κ3) is 2.24. The summed E-state index contributed by atoms with van der Waals surface area (Å²) in [5.41, 5.74) is 2.00. The predicted octanol–water partition coefficient (Wildman–Crippen LogP) is 5.91. The van der Waals surface area contributed by atoms with E-state index in [2.05, 4.69) is 33.8 Å². The summed E-state index contributed by atoms with van der Waals surface area (Å²) in [6.07, 6.45) is 7.88. The van der Waals surface area contributed by atoms with Crippen molar-refractivity contribution in [2.75, 3.05) is 0 Å². The van der Waals surface area contributed by atoms with Crippen LogP contribution in [0.5, 0.6) is 17.2 Å². The van der Waals surface area contributed by atoms with Crippen molar-refractivity contribution in [3.8, 4) is 17.2 Å². The highest BCUT2D eigenvalue weighted by atomic mass is 35.5. The molecule has 2 fully saturated rings. The number of fused-ring (bicyclic) bond motifs is 4. The van der Waals surface area contributed by atoms with E-state index >= 15 is 0 Å². The molecule has 4 rings (SSSR count). The summed E-state index contributed by atoms with van der Waals surface area (Å²) in [4.78, 5) is 0. The van der Waals surface area contributed by atoms with E-state index in [4.69, 9.17) is 16.3 Å². The molecule has 2 saturated carbocycles. The topological polar surface area (TPSA) is 49.7 Å². The molecular weight excluding hydrogens is 336 g/mol. The summed E-state index contributed by atoms with van der Waals surface area (Å²) in [5.74, 6) is 0.667. The summed E-state index contributed by atoms with van der Waals surface area (Å²) in [5, 5.41) is 20.1. The largest absolute Gasteiger partial charge is 0.504 e. The highest BCUT2D eigenvalue weighted by Crippen LogP contribution is 2.64. The molecule has 0 bridgehead atoms. The molecule has 4 heteroatoms. The third-order valence-electron chi connectivity index (χ3n) is 7.17. The highest BCUT2D eigenvalue weighted by Gasteiger charge is 2.57. The van der Waals surface area contributed by atoms with Crippen molar-refractivity contribution in [1.82, 2.24) is 0 Å². The van der Waals surface area contributed by atoms with Gasteiger partial charge in [-0.2, -0.15) is 0 Å². The fourth-order valence-electron chi connectivity index (χ4n) is 5.96. The number of rotatable bonds is 0. The van der Waals surface area contributed by atoms with Gasteiger partial charge >= 0.3 is 0 Å². The summed E-state index contributed by atoms with van der Waals surface area (Å²) in [7, 11) is 0. The fraction of sp³-hybridized carbons (Fsp3) is 0.619. The van der Waals surface area contributed by atoms with E-state index < -0.39 is 0 Å². The van der Waals surface area contributed by atoms with Crippen molar-refractivity contribution in [3.63, 3.8) is 0 Å². The monoisotopic (exact) mass is 362 g/mol. The number of benzene rings is 1. The summed E-state index contributed by atoms with van der Waals surface area (Å²) < 4.78 is 6.40. The molecule has 2 N–H and O–H groups in total. The van der Waals surface area contributed by atoms with Crippen LogP contribution in [0.1, 0.15) is 65.4 Å². The normalized spacial score (nSPS) is 35.7. The molecule has 3 aliphatic rings. The molecular formula is C21H27ClO3. The average Bonchev–Trinajstić information content (AvgIpc) is 2.50. The molecule has 1 aromatic carbocycles. The van der Waals surface area contributed by atoms with E-state index in [-0.39, 0.29) is 27.5 Å². The van der Waals surface area contributed by atoms with Gasteiger partial charge in [-0.3, -0.25) is 0 Å².